The molecular formula is C23H23ClN2O6S. The minimum absolute atomic E-state index is 0.153. The van der Waals surface area contributed by atoms with Gasteiger partial charge in [0.25, 0.3) is 15.7 Å². The zero-order chi connectivity index (χ0) is 23.8. The lowest BCUT2D eigenvalue weighted by Crippen LogP contribution is -2.29. The Morgan fingerprint density at radius 2 is 1.97 bits per heavy atom. The first-order chi connectivity index (χ1) is 15.6. The molecule has 4 rings (SSSR count). The van der Waals surface area contributed by atoms with Crippen LogP contribution in [0.1, 0.15) is 24.3 Å². The number of carbonyl (C=O) groups is 1. The second-order valence-electron chi connectivity index (χ2n) is 8.21. The van der Waals surface area contributed by atoms with Gasteiger partial charge < -0.3 is 4.74 Å². The molecule has 174 valence electrons. The van der Waals surface area contributed by atoms with Gasteiger partial charge in [-0.05, 0) is 54.5 Å². The molecule has 1 saturated carbocycles. The third-order valence-corrected chi connectivity index (χ3v) is 6.60. The molecule has 0 radical (unpaired) electrons. The van der Waals surface area contributed by atoms with Gasteiger partial charge in [-0.2, -0.15) is 8.42 Å². The second kappa shape index (κ2) is 9.24. The standard InChI is InChI=1S/C23H23ClN2O6S/c1-31-21(27)12-26-22(16-4-3-5-18(24)10-16)25-20-7-6-15(11-19(20)23(26)28)17-8-14(9-17)13-32-33(2,29)30/h3-7,10-11,14,17H,8-9,12-13H2,1-2H3/t14-,17+. The van der Waals surface area contributed by atoms with Gasteiger partial charge in [-0.25, -0.2) is 4.98 Å². The van der Waals surface area contributed by atoms with Gasteiger partial charge in [0.1, 0.15) is 12.4 Å². The molecule has 0 unspecified atom stereocenters. The van der Waals surface area contributed by atoms with Crippen LogP contribution >= 0.6 is 11.6 Å². The molecule has 2 aromatic carbocycles. The van der Waals surface area contributed by atoms with Gasteiger partial charge in [-0.15, -0.1) is 0 Å². The van der Waals surface area contributed by atoms with Gasteiger partial charge in [-0.1, -0.05) is 29.8 Å². The normalized spacial score (nSPS) is 18.2. The molecule has 0 bridgehead atoms. The summed E-state index contributed by atoms with van der Waals surface area (Å²) >= 11 is 6.13. The maximum atomic E-state index is 13.4. The molecule has 1 fully saturated rings. The van der Waals surface area contributed by atoms with Crippen molar-refractivity contribution in [2.75, 3.05) is 20.0 Å². The van der Waals surface area contributed by atoms with Gasteiger partial charge >= 0.3 is 5.97 Å². The van der Waals surface area contributed by atoms with Crippen LogP contribution < -0.4 is 5.56 Å². The number of benzene rings is 2. The number of rotatable bonds is 7. The molecule has 1 aromatic heterocycles. The van der Waals surface area contributed by atoms with E-state index in [0.717, 1.165) is 24.7 Å². The minimum Gasteiger partial charge on any atom is -0.468 e. The van der Waals surface area contributed by atoms with Crippen LogP contribution in [0.3, 0.4) is 0 Å². The first kappa shape index (κ1) is 23.4. The lowest BCUT2D eigenvalue weighted by molar-refractivity contribution is -0.141. The summed E-state index contributed by atoms with van der Waals surface area (Å²) in [5, 5.41) is 0.888. The summed E-state index contributed by atoms with van der Waals surface area (Å²) < 4.78 is 33.3. The molecule has 0 atom stereocenters. The topological polar surface area (TPSA) is 105 Å². The Labute approximate surface area is 196 Å². The third kappa shape index (κ3) is 5.26. The van der Waals surface area contributed by atoms with Crippen molar-refractivity contribution in [1.82, 2.24) is 9.55 Å². The van der Waals surface area contributed by atoms with Gasteiger partial charge in [0.05, 0.1) is 30.9 Å². The van der Waals surface area contributed by atoms with Crippen LogP contribution in [0.15, 0.2) is 47.3 Å². The molecule has 1 aliphatic carbocycles. The van der Waals surface area contributed by atoms with Crippen LogP contribution in [0.4, 0.5) is 0 Å². The van der Waals surface area contributed by atoms with E-state index in [1.165, 1.54) is 11.7 Å². The van der Waals surface area contributed by atoms with Crippen molar-refractivity contribution in [2.24, 2.45) is 5.92 Å². The number of halogens is 1. The van der Waals surface area contributed by atoms with E-state index in [4.69, 9.17) is 20.5 Å². The van der Waals surface area contributed by atoms with Crippen LogP contribution in [-0.2, 0) is 30.4 Å². The molecular weight excluding hydrogens is 468 g/mol. The average molecular weight is 491 g/mol. The zero-order valence-corrected chi connectivity index (χ0v) is 19.7. The average Bonchev–Trinajstić information content (AvgIpc) is 2.73. The predicted molar refractivity (Wildman–Crippen MR) is 125 cm³/mol. The summed E-state index contributed by atoms with van der Waals surface area (Å²) in [6.07, 6.45) is 2.58. The highest BCUT2D eigenvalue weighted by Gasteiger charge is 2.31. The predicted octanol–water partition coefficient (Wildman–Crippen LogP) is 3.36. The van der Waals surface area contributed by atoms with Gasteiger partial charge in [-0.3, -0.25) is 18.3 Å². The maximum absolute atomic E-state index is 13.4. The van der Waals surface area contributed by atoms with E-state index in [0.29, 0.717) is 27.3 Å². The van der Waals surface area contributed by atoms with E-state index in [-0.39, 0.29) is 30.5 Å². The summed E-state index contributed by atoms with van der Waals surface area (Å²) in [4.78, 5) is 30.1. The Hall–Kier alpha value is -2.75. The quantitative estimate of drug-likeness (QED) is 0.369. The lowest BCUT2D eigenvalue weighted by atomic mass is 9.72. The van der Waals surface area contributed by atoms with Crippen LogP contribution in [-0.4, -0.2) is 43.9 Å². The van der Waals surface area contributed by atoms with Crippen molar-refractivity contribution in [3.05, 3.63) is 63.4 Å². The molecule has 1 heterocycles. The summed E-state index contributed by atoms with van der Waals surface area (Å²) in [6, 6.07) is 12.5. The van der Waals surface area contributed by atoms with Crippen molar-refractivity contribution in [3.63, 3.8) is 0 Å². The number of aromatic nitrogens is 2. The number of hydrogen-bond acceptors (Lipinski definition) is 7. The highest BCUT2D eigenvalue weighted by Crippen LogP contribution is 2.42. The number of methoxy groups -OCH3 is 1. The number of esters is 1. The molecule has 1 aliphatic rings. The molecule has 10 heteroatoms. The van der Waals surface area contributed by atoms with E-state index in [2.05, 4.69) is 4.98 Å². The van der Waals surface area contributed by atoms with E-state index in [1.54, 1.807) is 36.4 Å². The highest BCUT2D eigenvalue weighted by atomic mass is 35.5. The minimum atomic E-state index is -3.46. The third-order valence-electron chi connectivity index (χ3n) is 5.80. The van der Waals surface area contributed by atoms with Crippen molar-refractivity contribution in [2.45, 2.75) is 25.3 Å². The van der Waals surface area contributed by atoms with Gasteiger partial charge in [0.15, 0.2) is 0 Å². The Kier molecular flexibility index (Phi) is 6.56. The Bertz CT molecular complexity index is 1380. The number of nitrogens with zero attached hydrogens (tertiary/aromatic N) is 2. The van der Waals surface area contributed by atoms with Crippen molar-refractivity contribution in [1.29, 1.82) is 0 Å². The fourth-order valence-corrected chi connectivity index (χ4v) is 4.67. The zero-order valence-electron chi connectivity index (χ0n) is 18.2. The largest absolute Gasteiger partial charge is 0.468 e. The molecule has 0 saturated heterocycles. The summed E-state index contributed by atoms with van der Waals surface area (Å²) in [5.74, 6) is 0.114. The molecule has 0 aliphatic heterocycles. The SMILES string of the molecule is COC(=O)Cn1c(-c2cccc(Cl)c2)nc2ccc([C@H]3C[C@@H](COS(C)(=O)=O)C3)cc2c1=O. The fourth-order valence-electron chi connectivity index (χ4n) is 4.04. The van der Waals surface area contributed by atoms with Crippen LogP contribution in [0.25, 0.3) is 22.3 Å². The van der Waals surface area contributed by atoms with Gasteiger partial charge in [0, 0.05) is 10.6 Å². The first-order valence-electron chi connectivity index (χ1n) is 10.4. The molecule has 0 N–H and O–H groups in total. The second-order valence-corrected chi connectivity index (χ2v) is 10.3. The number of carbonyl (C=O) groups excluding carboxylic acids is 1. The highest BCUT2D eigenvalue weighted by molar-refractivity contribution is 7.85. The Morgan fingerprint density at radius 1 is 1.21 bits per heavy atom. The van der Waals surface area contributed by atoms with E-state index >= 15 is 0 Å². The summed E-state index contributed by atoms with van der Waals surface area (Å²) in [6.45, 7) is -0.113. The summed E-state index contributed by atoms with van der Waals surface area (Å²) in [5.41, 5.74) is 1.74. The van der Waals surface area contributed by atoms with E-state index in [9.17, 15) is 18.0 Å². The van der Waals surface area contributed by atoms with Crippen LogP contribution in [0.2, 0.25) is 5.02 Å². The van der Waals surface area contributed by atoms with Crippen molar-refractivity contribution >= 4 is 38.6 Å². The number of hydrogen-bond donors (Lipinski definition) is 0. The molecule has 33 heavy (non-hydrogen) atoms. The Morgan fingerprint density at radius 3 is 2.64 bits per heavy atom. The molecule has 3 aromatic rings. The Balaban J connectivity index is 1.69. The smallest absolute Gasteiger partial charge is 0.325 e. The van der Waals surface area contributed by atoms with Crippen LogP contribution in [0, 0.1) is 5.92 Å². The van der Waals surface area contributed by atoms with Crippen LogP contribution in [0.5, 0.6) is 0 Å². The first-order valence-corrected chi connectivity index (χ1v) is 12.6. The summed E-state index contributed by atoms with van der Waals surface area (Å²) in [7, 11) is -2.19. The molecule has 0 amide bonds. The molecule has 8 nitrogen and oxygen atoms in total. The monoisotopic (exact) mass is 490 g/mol. The lowest BCUT2D eigenvalue weighted by Gasteiger charge is -2.35. The van der Waals surface area contributed by atoms with E-state index in [1.807, 2.05) is 6.07 Å². The van der Waals surface area contributed by atoms with Crippen molar-refractivity contribution in [3.8, 4) is 11.4 Å². The number of fused-ring (bicyclic) bond motifs is 1. The maximum Gasteiger partial charge on any atom is 0.325 e. The fraction of sp³-hybridized carbons (Fsp3) is 0.348. The van der Waals surface area contributed by atoms with E-state index < -0.39 is 16.1 Å². The number of ether oxygens (including phenoxy) is 1. The van der Waals surface area contributed by atoms with Gasteiger partial charge in [0.2, 0.25) is 0 Å². The van der Waals surface area contributed by atoms with Crippen molar-refractivity contribution < 1.29 is 22.1 Å². The molecule has 0 spiro atoms.